The molecule has 0 atom stereocenters. The number of benzene rings is 2. The van der Waals surface area contributed by atoms with E-state index < -0.39 is 10.0 Å². The average Bonchev–Trinajstić information content (AvgIpc) is 3.17. The van der Waals surface area contributed by atoms with Gasteiger partial charge in [0.2, 0.25) is 10.0 Å². The molecule has 1 amide bonds. The maximum absolute atomic E-state index is 12.5. The molecule has 0 spiro atoms. The first-order valence-electron chi connectivity index (χ1n) is 9.08. The number of nitrogens with two attached hydrogens (primary N) is 1. The van der Waals surface area contributed by atoms with Gasteiger partial charge < -0.3 is 5.73 Å². The van der Waals surface area contributed by atoms with E-state index >= 15 is 0 Å². The maximum Gasteiger partial charge on any atom is 0.257 e. The molecule has 9 heteroatoms. The second-order valence-electron chi connectivity index (χ2n) is 6.23. The molecule has 3 N–H and O–H groups in total. The molecular formula is C20H22N4O3S2. The summed E-state index contributed by atoms with van der Waals surface area (Å²) in [4.78, 5) is 17.1. The lowest BCUT2D eigenvalue weighted by Gasteiger charge is -2.18. The predicted octanol–water partition coefficient (Wildman–Crippen LogP) is 3.68. The van der Waals surface area contributed by atoms with Crippen LogP contribution < -0.4 is 11.1 Å². The van der Waals surface area contributed by atoms with Gasteiger partial charge >= 0.3 is 0 Å². The van der Waals surface area contributed by atoms with E-state index in [0.29, 0.717) is 29.5 Å². The van der Waals surface area contributed by atoms with Crippen LogP contribution in [0.5, 0.6) is 0 Å². The molecule has 152 valence electrons. The van der Waals surface area contributed by atoms with Gasteiger partial charge in [-0.15, -0.1) is 11.3 Å². The molecule has 29 heavy (non-hydrogen) atoms. The Morgan fingerprint density at radius 3 is 2.45 bits per heavy atom. The molecule has 0 aliphatic rings. The number of nitrogens with one attached hydrogen (secondary N) is 1. The lowest BCUT2D eigenvalue weighted by Crippen LogP contribution is -2.30. The van der Waals surface area contributed by atoms with Crippen molar-refractivity contribution in [3.8, 4) is 11.3 Å². The number of rotatable bonds is 7. The largest absolute Gasteiger partial charge is 0.399 e. The van der Waals surface area contributed by atoms with Crippen LogP contribution in [0.1, 0.15) is 24.2 Å². The molecule has 7 nitrogen and oxygen atoms in total. The molecule has 1 aromatic heterocycles. The number of aromatic nitrogens is 1. The lowest BCUT2D eigenvalue weighted by atomic mass is 10.1. The molecule has 2 aromatic carbocycles. The number of hydrogen-bond acceptors (Lipinski definition) is 6. The summed E-state index contributed by atoms with van der Waals surface area (Å²) in [5.74, 6) is -0.356. The molecule has 1 heterocycles. The van der Waals surface area contributed by atoms with Crippen LogP contribution in [0.3, 0.4) is 0 Å². The van der Waals surface area contributed by atoms with Gasteiger partial charge in [-0.25, -0.2) is 13.4 Å². The Balaban J connectivity index is 1.73. The summed E-state index contributed by atoms with van der Waals surface area (Å²) in [5, 5.41) is 5.03. The van der Waals surface area contributed by atoms with Gasteiger partial charge in [0.25, 0.3) is 5.91 Å². The van der Waals surface area contributed by atoms with Gasteiger partial charge in [0.15, 0.2) is 5.13 Å². The monoisotopic (exact) mass is 430 g/mol. The third-order valence-corrected chi connectivity index (χ3v) is 7.19. The fourth-order valence-electron chi connectivity index (χ4n) is 2.82. The van der Waals surface area contributed by atoms with Crippen LogP contribution in [0.25, 0.3) is 11.3 Å². The third kappa shape index (κ3) is 4.64. The molecule has 3 aromatic rings. The highest BCUT2D eigenvalue weighted by atomic mass is 32.2. The van der Waals surface area contributed by atoms with E-state index in [-0.39, 0.29) is 10.8 Å². The molecule has 0 fully saturated rings. The normalized spacial score (nSPS) is 11.6. The van der Waals surface area contributed by atoms with Crippen molar-refractivity contribution in [2.45, 2.75) is 18.7 Å². The quantitative estimate of drug-likeness (QED) is 0.556. The zero-order valence-corrected chi connectivity index (χ0v) is 17.8. The molecule has 0 aliphatic carbocycles. The maximum atomic E-state index is 12.5. The summed E-state index contributed by atoms with van der Waals surface area (Å²) >= 11 is 1.30. The smallest absolute Gasteiger partial charge is 0.257 e. The standard InChI is InChI=1S/C20H22N4O3S2/c1-3-24(4-2)29(26,27)17-10-8-14(9-11-17)19(25)23-20-22-18(13-28-20)15-6-5-7-16(21)12-15/h5-13H,3-4,21H2,1-2H3,(H,22,23,25). The van der Waals surface area contributed by atoms with E-state index in [2.05, 4.69) is 10.3 Å². The Kier molecular flexibility index (Phi) is 6.31. The number of carbonyl (C=O) groups is 1. The van der Waals surface area contributed by atoms with Crippen molar-refractivity contribution in [3.63, 3.8) is 0 Å². The number of sulfonamides is 1. The Morgan fingerprint density at radius 1 is 1.14 bits per heavy atom. The minimum atomic E-state index is -3.55. The van der Waals surface area contributed by atoms with Crippen molar-refractivity contribution >= 4 is 38.1 Å². The van der Waals surface area contributed by atoms with E-state index in [1.807, 2.05) is 23.6 Å². The summed E-state index contributed by atoms with van der Waals surface area (Å²) < 4.78 is 26.4. The van der Waals surface area contributed by atoms with E-state index in [1.165, 1.54) is 39.9 Å². The molecule has 0 bridgehead atoms. The molecular weight excluding hydrogens is 408 g/mol. The van der Waals surface area contributed by atoms with Crippen LogP contribution in [-0.2, 0) is 10.0 Å². The highest BCUT2D eigenvalue weighted by Crippen LogP contribution is 2.26. The van der Waals surface area contributed by atoms with Crippen molar-refractivity contribution in [1.82, 2.24) is 9.29 Å². The SMILES string of the molecule is CCN(CC)S(=O)(=O)c1ccc(C(=O)Nc2nc(-c3cccc(N)c3)cs2)cc1. The van der Waals surface area contributed by atoms with Gasteiger partial charge in [-0.2, -0.15) is 4.31 Å². The van der Waals surface area contributed by atoms with E-state index in [4.69, 9.17) is 5.73 Å². The Morgan fingerprint density at radius 2 is 1.83 bits per heavy atom. The summed E-state index contributed by atoms with van der Waals surface area (Å²) in [6, 6.07) is 13.2. The number of amides is 1. The third-order valence-electron chi connectivity index (χ3n) is 4.37. The molecule has 0 saturated carbocycles. The van der Waals surface area contributed by atoms with Gasteiger partial charge in [-0.05, 0) is 36.4 Å². The summed E-state index contributed by atoms with van der Waals surface area (Å²) in [6.07, 6.45) is 0. The van der Waals surface area contributed by atoms with Gasteiger partial charge in [-0.1, -0.05) is 26.0 Å². The minimum Gasteiger partial charge on any atom is -0.399 e. The summed E-state index contributed by atoms with van der Waals surface area (Å²) in [6.45, 7) is 4.35. The number of nitrogens with zero attached hydrogens (tertiary/aromatic N) is 2. The van der Waals surface area contributed by atoms with Crippen LogP contribution in [0.2, 0.25) is 0 Å². The van der Waals surface area contributed by atoms with Gasteiger partial charge in [0.05, 0.1) is 10.6 Å². The molecule has 0 unspecified atom stereocenters. The van der Waals surface area contributed by atoms with Gasteiger partial charge in [0.1, 0.15) is 0 Å². The van der Waals surface area contributed by atoms with Crippen molar-refractivity contribution in [2.75, 3.05) is 24.1 Å². The van der Waals surface area contributed by atoms with Crippen LogP contribution in [0.15, 0.2) is 58.8 Å². The van der Waals surface area contributed by atoms with Crippen LogP contribution in [-0.4, -0.2) is 36.7 Å². The number of carbonyl (C=O) groups excluding carboxylic acids is 1. The number of hydrogen-bond donors (Lipinski definition) is 2. The zero-order chi connectivity index (χ0) is 21.0. The van der Waals surface area contributed by atoms with Gasteiger partial charge in [-0.3, -0.25) is 10.1 Å². The predicted molar refractivity (Wildman–Crippen MR) is 116 cm³/mol. The number of anilines is 2. The molecule has 0 aliphatic heterocycles. The Bertz CT molecular complexity index is 1100. The fourth-order valence-corrected chi connectivity index (χ4v) is 4.99. The van der Waals surface area contributed by atoms with Crippen LogP contribution >= 0.6 is 11.3 Å². The van der Waals surface area contributed by atoms with Crippen molar-refractivity contribution in [3.05, 3.63) is 59.5 Å². The Hall–Kier alpha value is -2.75. The Labute approximate surface area is 174 Å². The second-order valence-corrected chi connectivity index (χ2v) is 9.03. The number of thiazole rings is 1. The molecule has 0 radical (unpaired) electrons. The first kappa shape index (κ1) is 21.0. The van der Waals surface area contributed by atoms with E-state index in [1.54, 1.807) is 19.9 Å². The lowest BCUT2D eigenvalue weighted by molar-refractivity contribution is 0.102. The highest BCUT2D eigenvalue weighted by Gasteiger charge is 2.21. The van der Waals surface area contributed by atoms with Crippen molar-refractivity contribution < 1.29 is 13.2 Å². The fraction of sp³-hybridized carbons (Fsp3) is 0.200. The number of nitrogen functional groups attached to an aromatic ring is 1. The average molecular weight is 431 g/mol. The van der Waals surface area contributed by atoms with Crippen molar-refractivity contribution in [2.24, 2.45) is 0 Å². The van der Waals surface area contributed by atoms with Gasteiger partial charge in [0, 0.05) is 35.3 Å². The summed E-state index contributed by atoms with van der Waals surface area (Å²) in [5.41, 5.74) is 8.38. The first-order chi connectivity index (χ1) is 13.8. The van der Waals surface area contributed by atoms with E-state index in [9.17, 15) is 13.2 Å². The topological polar surface area (TPSA) is 105 Å². The minimum absolute atomic E-state index is 0.163. The van der Waals surface area contributed by atoms with Crippen molar-refractivity contribution in [1.29, 1.82) is 0 Å². The van der Waals surface area contributed by atoms with Crippen LogP contribution in [0, 0.1) is 0 Å². The highest BCUT2D eigenvalue weighted by molar-refractivity contribution is 7.89. The summed E-state index contributed by atoms with van der Waals surface area (Å²) in [7, 11) is -3.55. The van der Waals surface area contributed by atoms with Crippen LogP contribution in [0.4, 0.5) is 10.8 Å². The molecule has 3 rings (SSSR count). The first-order valence-corrected chi connectivity index (χ1v) is 11.4. The molecule has 0 saturated heterocycles. The zero-order valence-electron chi connectivity index (χ0n) is 16.1. The van der Waals surface area contributed by atoms with E-state index in [0.717, 1.165) is 11.3 Å². The second kappa shape index (κ2) is 8.73.